The van der Waals surface area contributed by atoms with E-state index >= 15 is 0 Å². The number of rotatable bonds is 5. The van der Waals surface area contributed by atoms with Crippen molar-refractivity contribution in [2.24, 2.45) is 11.8 Å². The van der Waals surface area contributed by atoms with Crippen LogP contribution in [0.5, 0.6) is 11.5 Å². The predicted molar refractivity (Wildman–Crippen MR) is 89.1 cm³/mol. The Morgan fingerprint density at radius 1 is 1.29 bits per heavy atom. The molecular formula is C18H25NO5. The van der Waals surface area contributed by atoms with Gasteiger partial charge in [-0.3, -0.25) is 4.79 Å². The molecule has 1 fully saturated rings. The highest BCUT2D eigenvalue weighted by molar-refractivity contribution is 5.94. The van der Waals surface area contributed by atoms with Gasteiger partial charge in [0.2, 0.25) is 0 Å². The van der Waals surface area contributed by atoms with E-state index in [-0.39, 0.29) is 35.6 Å². The number of benzene rings is 1. The van der Waals surface area contributed by atoms with Crippen LogP contribution >= 0.6 is 0 Å². The maximum atomic E-state index is 12.0. The summed E-state index contributed by atoms with van der Waals surface area (Å²) in [5.41, 5.74) is -0.0261. The van der Waals surface area contributed by atoms with E-state index in [0.717, 1.165) is 12.8 Å². The van der Waals surface area contributed by atoms with Gasteiger partial charge in [-0.1, -0.05) is 32.8 Å². The van der Waals surface area contributed by atoms with Gasteiger partial charge in [-0.2, -0.15) is 0 Å². The Kier molecular flexibility index (Phi) is 6.06. The third-order valence-electron chi connectivity index (χ3n) is 4.83. The number of phenols is 1. The van der Waals surface area contributed by atoms with E-state index in [1.807, 2.05) is 0 Å². The van der Waals surface area contributed by atoms with Crippen LogP contribution in [0.25, 0.3) is 0 Å². The summed E-state index contributed by atoms with van der Waals surface area (Å²) in [4.78, 5) is 24.1. The van der Waals surface area contributed by atoms with Crippen molar-refractivity contribution in [3.8, 4) is 11.5 Å². The first-order chi connectivity index (χ1) is 11.4. The minimum absolute atomic E-state index is 0.0261. The molecule has 0 bridgehead atoms. The van der Waals surface area contributed by atoms with Crippen LogP contribution in [0.4, 0.5) is 0 Å². The number of ether oxygens (including phenoxy) is 2. The fourth-order valence-corrected chi connectivity index (χ4v) is 3.09. The lowest BCUT2D eigenvalue weighted by molar-refractivity contribution is -0.125. The number of esters is 1. The lowest BCUT2D eigenvalue weighted by Gasteiger charge is -2.34. The third kappa shape index (κ3) is 4.19. The standard InChI is InChI=1S/C18H25NO5/c1-11-6-4-8-14(12(11)2)19-16(20)10-24-18(22)13-7-5-9-15(23-3)17(13)21/h5,7,9,11-12,14,21H,4,6,8,10H2,1-3H3,(H,19,20). The van der Waals surface area contributed by atoms with Crippen molar-refractivity contribution in [2.45, 2.75) is 39.2 Å². The summed E-state index contributed by atoms with van der Waals surface area (Å²) in [6.45, 7) is 3.96. The van der Waals surface area contributed by atoms with Gasteiger partial charge in [0.15, 0.2) is 18.1 Å². The Morgan fingerprint density at radius 2 is 2.04 bits per heavy atom. The van der Waals surface area contributed by atoms with E-state index in [1.165, 1.54) is 25.7 Å². The van der Waals surface area contributed by atoms with Crippen LogP contribution in [0.1, 0.15) is 43.5 Å². The molecule has 1 aromatic carbocycles. The van der Waals surface area contributed by atoms with Gasteiger partial charge < -0.3 is 19.9 Å². The van der Waals surface area contributed by atoms with Gasteiger partial charge in [-0.15, -0.1) is 0 Å². The van der Waals surface area contributed by atoms with Crippen LogP contribution in [-0.2, 0) is 9.53 Å². The molecule has 132 valence electrons. The zero-order valence-electron chi connectivity index (χ0n) is 14.4. The van der Waals surface area contributed by atoms with Crippen LogP contribution in [0.2, 0.25) is 0 Å². The molecular weight excluding hydrogens is 310 g/mol. The van der Waals surface area contributed by atoms with E-state index in [4.69, 9.17) is 9.47 Å². The zero-order chi connectivity index (χ0) is 17.7. The molecule has 0 spiro atoms. The first-order valence-electron chi connectivity index (χ1n) is 8.26. The van der Waals surface area contributed by atoms with Crippen molar-refractivity contribution in [2.75, 3.05) is 13.7 Å². The summed E-state index contributed by atoms with van der Waals surface area (Å²) < 4.78 is 9.95. The van der Waals surface area contributed by atoms with Gasteiger partial charge >= 0.3 is 5.97 Å². The molecule has 3 atom stereocenters. The summed E-state index contributed by atoms with van der Waals surface area (Å²) in [5, 5.41) is 12.9. The number of nitrogens with one attached hydrogen (secondary N) is 1. The molecule has 3 unspecified atom stereocenters. The van der Waals surface area contributed by atoms with Crippen LogP contribution in [0.15, 0.2) is 18.2 Å². The Balaban J connectivity index is 1.88. The van der Waals surface area contributed by atoms with Crippen molar-refractivity contribution in [3.63, 3.8) is 0 Å². The smallest absolute Gasteiger partial charge is 0.342 e. The predicted octanol–water partition coefficient (Wildman–Crippen LogP) is 2.50. The highest BCUT2D eigenvalue weighted by atomic mass is 16.5. The molecule has 1 amide bonds. The average Bonchev–Trinajstić information content (AvgIpc) is 2.57. The second-order valence-electron chi connectivity index (χ2n) is 6.37. The normalized spacial score (nSPS) is 23.4. The van der Waals surface area contributed by atoms with Gasteiger partial charge in [-0.25, -0.2) is 4.79 Å². The highest BCUT2D eigenvalue weighted by Crippen LogP contribution is 2.30. The molecule has 0 saturated heterocycles. The molecule has 1 aliphatic rings. The number of hydrogen-bond acceptors (Lipinski definition) is 5. The summed E-state index contributed by atoms with van der Waals surface area (Å²) >= 11 is 0. The summed E-state index contributed by atoms with van der Waals surface area (Å²) in [6, 6.07) is 4.64. The largest absolute Gasteiger partial charge is 0.504 e. The molecule has 6 nitrogen and oxygen atoms in total. The first-order valence-corrected chi connectivity index (χ1v) is 8.26. The molecule has 2 N–H and O–H groups in total. The van der Waals surface area contributed by atoms with E-state index in [0.29, 0.717) is 11.8 Å². The Bertz CT molecular complexity index is 601. The SMILES string of the molecule is COc1cccc(C(=O)OCC(=O)NC2CCCC(C)C2C)c1O. The van der Waals surface area contributed by atoms with Crippen molar-refractivity contribution in [1.29, 1.82) is 0 Å². The van der Waals surface area contributed by atoms with Crippen LogP contribution in [-0.4, -0.2) is 36.7 Å². The van der Waals surface area contributed by atoms with Crippen LogP contribution in [0, 0.1) is 11.8 Å². The monoisotopic (exact) mass is 335 g/mol. The van der Waals surface area contributed by atoms with Crippen molar-refractivity contribution in [1.82, 2.24) is 5.32 Å². The number of phenolic OH excluding ortho intramolecular Hbond substituents is 1. The lowest BCUT2D eigenvalue weighted by Crippen LogP contribution is -2.45. The fourth-order valence-electron chi connectivity index (χ4n) is 3.09. The third-order valence-corrected chi connectivity index (χ3v) is 4.83. The summed E-state index contributed by atoms with van der Waals surface area (Å²) in [7, 11) is 1.39. The number of para-hydroxylation sites is 1. The summed E-state index contributed by atoms with van der Waals surface area (Å²) in [5.74, 6) is -0.219. The second kappa shape index (κ2) is 8.04. The van der Waals surface area contributed by atoms with E-state index in [9.17, 15) is 14.7 Å². The average molecular weight is 335 g/mol. The minimum atomic E-state index is -0.758. The van der Waals surface area contributed by atoms with E-state index in [1.54, 1.807) is 6.07 Å². The van der Waals surface area contributed by atoms with Crippen LogP contribution in [0.3, 0.4) is 0 Å². The molecule has 1 aromatic rings. The molecule has 1 saturated carbocycles. The Hall–Kier alpha value is -2.24. The molecule has 6 heteroatoms. The molecule has 1 aliphatic carbocycles. The topological polar surface area (TPSA) is 84.9 Å². The lowest BCUT2D eigenvalue weighted by atomic mass is 9.78. The number of amides is 1. The Labute approximate surface area is 142 Å². The maximum absolute atomic E-state index is 12.0. The quantitative estimate of drug-likeness (QED) is 0.808. The number of hydrogen-bond donors (Lipinski definition) is 2. The number of aromatic hydroxyl groups is 1. The maximum Gasteiger partial charge on any atom is 0.342 e. The zero-order valence-corrected chi connectivity index (χ0v) is 14.4. The number of carbonyl (C=O) groups excluding carboxylic acids is 2. The van der Waals surface area contributed by atoms with Gasteiger partial charge in [0.1, 0.15) is 5.56 Å². The van der Waals surface area contributed by atoms with Gasteiger partial charge in [0, 0.05) is 6.04 Å². The number of methoxy groups -OCH3 is 1. The van der Waals surface area contributed by atoms with Gasteiger partial charge in [0.05, 0.1) is 7.11 Å². The Morgan fingerprint density at radius 3 is 2.75 bits per heavy atom. The molecule has 0 heterocycles. The van der Waals surface area contributed by atoms with Crippen LogP contribution < -0.4 is 10.1 Å². The minimum Gasteiger partial charge on any atom is -0.504 e. The molecule has 2 rings (SSSR count). The molecule has 0 aromatic heterocycles. The number of carbonyl (C=O) groups is 2. The van der Waals surface area contributed by atoms with Gasteiger partial charge in [-0.05, 0) is 30.4 Å². The summed E-state index contributed by atoms with van der Waals surface area (Å²) in [6.07, 6.45) is 3.22. The highest BCUT2D eigenvalue weighted by Gasteiger charge is 2.28. The first kappa shape index (κ1) is 18.1. The van der Waals surface area contributed by atoms with Crippen molar-refractivity contribution >= 4 is 11.9 Å². The molecule has 0 radical (unpaired) electrons. The molecule has 0 aliphatic heterocycles. The molecule has 24 heavy (non-hydrogen) atoms. The fraction of sp³-hybridized carbons (Fsp3) is 0.556. The van der Waals surface area contributed by atoms with Gasteiger partial charge in [0.25, 0.3) is 5.91 Å². The van der Waals surface area contributed by atoms with E-state index in [2.05, 4.69) is 19.2 Å². The second-order valence-corrected chi connectivity index (χ2v) is 6.37. The van der Waals surface area contributed by atoms with Crippen molar-refractivity contribution in [3.05, 3.63) is 23.8 Å². The van der Waals surface area contributed by atoms with E-state index < -0.39 is 5.97 Å². The van der Waals surface area contributed by atoms with Crippen molar-refractivity contribution < 1.29 is 24.2 Å².